The lowest BCUT2D eigenvalue weighted by molar-refractivity contribution is -0.145. The molecule has 0 N–H and O–H groups in total. The zero-order chi connectivity index (χ0) is 20.8. The molecule has 1 atom stereocenters. The van der Waals surface area contributed by atoms with Crippen LogP contribution < -0.4 is 4.90 Å². The largest absolute Gasteiger partial charge is 0.461 e. The van der Waals surface area contributed by atoms with Gasteiger partial charge in [0.25, 0.3) is 0 Å². The fraction of sp³-hybridized carbons (Fsp3) is 0.579. The number of carbonyl (C=O) groups is 1. The highest BCUT2D eigenvalue weighted by Crippen LogP contribution is 2.31. The lowest BCUT2D eigenvalue weighted by Gasteiger charge is -2.23. The van der Waals surface area contributed by atoms with Gasteiger partial charge in [0.15, 0.2) is 5.82 Å². The predicted octanol–water partition coefficient (Wildman–Crippen LogP) is 1.44. The summed E-state index contributed by atoms with van der Waals surface area (Å²) in [5.41, 5.74) is 0.637. The maximum atomic E-state index is 11.3. The van der Waals surface area contributed by atoms with E-state index in [1.54, 1.807) is 4.68 Å². The second-order valence-electron chi connectivity index (χ2n) is 8.49. The van der Waals surface area contributed by atoms with E-state index in [0.29, 0.717) is 13.1 Å². The summed E-state index contributed by atoms with van der Waals surface area (Å²) in [6.45, 7) is 9.68. The molecular formula is C19H26N8O2. The number of aryl methyl sites for hydroxylation is 1. The monoisotopic (exact) mass is 398 g/mol. The van der Waals surface area contributed by atoms with Crippen molar-refractivity contribution >= 4 is 22.8 Å². The van der Waals surface area contributed by atoms with Gasteiger partial charge in [-0.05, 0) is 16.5 Å². The third-order valence-corrected chi connectivity index (χ3v) is 5.07. The van der Waals surface area contributed by atoms with Crippen molar-refractivity contribution in [2.45, 2.75) is 52.2 Å². The Hall–Kier alpha value is -3.04. The number of hydrogen-bond donors (Lipinski definition) is 0. The Kier molecular flexibility index (Phi) is 4.71. The van der Waals surface area contributed by atoms with Crippen molar-refractivity contribution < 1.29 is 9.53 Å². The molecule has 0 amide bonds. The molecule has 1 unspecified atom stereocenters. The Bertz CT molecular complexity index is 1050. The number of nitrogens with zero attached hydrogens (tertiary/aromatic N) is 8. The Morgan fingerprint density at radius 1 is 1.31 bits per heavy atom. The van der Waals surface area contributed by atoms with Crippen molar-refractivity contribution in [1.82, 2.24) is 34.7 Å². The van der Waals surface area contributed by atoms with Gasteiger partial charge in [-0.2, -0.15) is 0 Å². The summed E-state index contributed by atoms with van der Waals surface area (Å²) in [6.07, 6.45) is 2.67. The molecule has 1 aliphatic heterocycles. The van der Waals surface area contributed by atoms with E-state index in [2.05, 4.69) is 41.2 Å². The zero-order valence-electron chi connectivity index (χ0n) is 17.5. The number of rotatable bonds is 4. The van der Waals surface area contributed by atoms with Crippen molar-refractivity contribution in [1.29, 1.82) is 0 Å². The van der Waals surface area contributed by atoms with Gasteiger partial charge in [-0.3, -0.25) is 4.79 Å². The summed E-state index contributed by atoms with van der Waals surface area (Å²) < 4.78 is 9.11. The lowest BCUT2D eigenvalue weighted by Crippen LogP contribution is -2.27. The number of fused-ring (bicyclic) bond motifs is 1. The average molecular weight is 398 g/mol. The number of aromatic nitrogens is 7. The topological polar surface area (TPSA) is 104 Å². The summed E-state index contributed by atoms with van der Waals surface area (Å²) in [5.74, 6) is 2.15. The molecule has 4 heterocycles. The van der Waals surface area contributed by atoms with Gasteiger partial charge in [0.2, 0.25) is 0 Å². The van der Waals surface area contributed by atoms with Crippen LogP contribution in [0.3, 0.4) is 0 Å². The molecular weight excluding hydrogens is 372 g/mol. The molecule has 4 rings (SSSR count). The van der Waals surface area contributed by atoms with E-state index in [4.69, 9.17) is 14.7 Å². The van der Waals surface area contributed by atoms with Gasteiger partial charge in [0.1, 0.15) is 23.4 Å². The molecule has 154 valence electrons. The Balaban J connectivity index is 1.76. The second-order valence-corrected chi connectivity index (χ2v) is 8.49. The normalized spacial score (nSPS) is 17.3. The molecule has 1 aliphatic rings. The lowest BCUT2D eigenvalue weighted by atomic mass is 9.95. The summed E-state index contributed by atoms with van der Waals surface area (Å²) >= 11 is 0. The van der Waals surface area contributed by atoms with Crippen LogP contribution in [0.15, 0.2) is 12.3 Å². The molecule has 0 saturated carbocycles. The molecule has 0 aliphatic carbocycles. The first-order valence-corrected chi connectivity index (χ1v) is 9.73. The van der Waals surface area contributed by atoms with Crippen molar-refractivity contribution in [2.75, 3.05) is 18.0 Å². The number of esters is 1. The smallest absolute Gasteiger partial charge is 0.302 e. The van der Waals surface area contributed by atoms with Crippen LogP contribution in [0.5, 0.6) is 0 Å². The van der Waals surface area contributed by atoms with Crippen LogP contribution in [-0.4, -0.2) is 59.9 Å². The van der Waals surface area contributed by atoms with E-state index >= 15 is 0 Å². The highest BCUT2D eigenvalue weighted by atomic mass is 16.5. The summed E-state index contributed by atoms with van der Waals surface area (Å²) in [5, 5.41) is 12.7. The van der Waals surface area contributed by atoms with Crippen LogP contribution in [0.1, 0.15) is 45.8 Å². The maximum Gasteiger partial charge on any atom is 0.302 e. The molecule has 29 heavy (non-hydrogen) atoms. The minimum Gasteiger partial charge on any atom is -0.461 e. The van der Waals surface area contributed by atoms with Crippen molar-refractivity contribution in [3.63, 3.8) is 0 Å². The molecule has 0 aromatic carbocycles. The quantitative estimate of drug-likeness (QED) is 0.608. The van der Waals surface area contributed by atoms with Crippen LogP contribution in [0.25, 0.3) is 11.0 Å². The van der Waals surface area contributed by atoms with E-state index in [1.807, 2.05) is 23.9 Å². The summed E-state index contributed by atoms with van der Waals surface area (Å²) in [6, 6.07) is 2.03. The Labute approximate surface area is 168 Å². The highest BCUT2D eigenvalue weighted by Gasteiger charge is 2.29. The van der Waals surface area contributed by atoms with Crippen LogP contribution in [0, 0.1) is 0 Å². The number of ether oxygens (including phenoxy) is 1. The first kappa shape index (κ1) is 19.3. The Morgan fingerprint density at radius 2 is 2.10 bits per heavy atom. The van der Waals surface area contributed by atoms with E-state index in [1.165, 1.54) is 6.92 Å². The SMILES string of the molecule is CC(=O)OC1CCN(c2nc(C(C)(C)C)nc3c2ccn3Cc2nnnn2C)C1. The van der Waals surface area contributed by atoms with Crippen LogP contribution in [0.4, 0.5) is 5.82 Å². The molecule has 10 nitrogen and oxygen atoms in total. The third-order valence-electron chi connectivity index (χ3n) is 5.07. The van der Waals surface area contributed by atoms with E-state index in [-0.39, 0.29) is 17.5 Å². The molecule has 10 heteroatoms. The minimum absolute atomic E-state index is 0.109. The molecule has 0 spiro atoms. The van der Waals surface area contributed by atoms with E-state index in [9.17, 15) is 4.79 Å². The number of tetrazole rings is 1. The van der Waals surface area contributed by atoms with Gasteiger partial charge in [-0.25, -0.2) is 14.6 Å². The van der Waals surface area contributed by atoms with Crippen LogP contribution in [0.2, 0.25) is 0 Å². The van der Waals surface area contributed by atoms with Crippen LogP contribution >= 0.6 is 0 Å². The fourth-order valence-electron chi connectivity index (χ4n) is 3.54. The molecule has 0 radical (unpaired) electrons. The van der Waals surface area contributed by atoms with Crippen molar-refractivity contribution in [3.8, 4) is 0 Å². The molecule has 1 fully saturated rings. The van der Waals surface area contributed by atoms with Crippen molar-refractivity contribution in [2.24, 2.45) is 7.05 Å². The zero-order valence-corrected chi connectivity index (χ0v) is 17.5. The number of hydrogen-bond acceptors (Lipinski definition) is 8. The van der Waals surface area contributed by atoms with Gasteiger partial charge in [0, 0.05) is 38.5 Å². The van der Waals surface area contributed by atoms with E-state index in [0.717, 1.165) is 41.5 Å². The van der Waals surface area contributed by atoms with Gasteiger partial charge >= 0.3 is 5.97 Å². The number of carbonyl (C=O) groups excluding carboxylic acids is 1. The standard InChI is InChI=1S/C19H26N8O2/c1-12(28)29-13-6-8-26(10-13)16-14-7-9-27(11-15-22-23-24-25(15)5)17(14)21-18(20-16)19(2,3)4/h7,9,13H,6,8,10-11H2,1-5H3. The average Bonchev–Trinajstić information content (AvgIpc) is 3.35. The first-order chi connectivity index (χ1) is 13.7. The molecule has 3 aromatic heterocycles. The van der Waals surface area contributed by atoms with Crippen molar-refractivity contribution in [3.05, 3.63) is 23.9 Å². The number of anilines is 1. The predicted molar refractivity (Wildman–Crippen MR) is 107 cm³/mol. The van der Waals surface area contributed by atoms with E-state index < -0.39 is 0 Å². The first-order valence-electron chi connectivity index (χ1n) is 9.73. The minimum atomic E-state index is -0.247. The maximum absolute atomic E-state index is 11.3. The summed E-state index contributed by atoms with van der Waals surface area (Å²) in [4.78, 5) is 23.3. The summed E-state index contributed by atoms with van der Waals surface area (Å²) in [7, 11) is 1.82. The molecule has 3 aromatic rings. The van der Waals surface area contributed by atoms with Crippen LogP contribution in [-0.2, 0) is 28.5 Å². The highest BCUT2D eigenvalue weighted by molar-refractivity contribution is 5.88. The van der Waals surface area contributed by atoms with Gasteiger partial charge in [-0.15, -0.1) is 5.10 Å². The molecule has 0 bridgehead atoms. The Morgan fingerprint density at radius 3 is 2.76 bits per heavy atom. The van der Waals surface area contributed by atoms with Gasteiger partial charge < -0.3 is 14.2 Å². The molecule has 1 saturated heterocycles. The van der Waals surface area contributed by atoms with Gasteiger partial charge in [0.05, 0.1) is 18.5 Å². The third kappa shape index (κ3) is 3.79. The van der Waals surface area contributed by atoms with Gasteiger partial charge in [-0.1, -0.05) is 20.8 Å². The fourth-order valence-corrected chi connectivity index (χ4v) is 3.54. The second kappa shape index (κ2) is 7.09.